The molecule has 0 bridgehead atoms. The van der Waals surface area contributed by atoms with Crippen LogP contribution in [0.5, 0.6) is 0 Å². The summed E-state index contributed by atoms with van der Waals surface area (Å²) in [5.74, 6) is -0.0822. The molecule has 0 fully saturated rings. The standard InChI is InChI=1S/C17H12N4O3S/c22-14(19-13-6-7-24-20-13)8-21-10-18-16-15(17(21)23)12(9-25-16)11-4-2-1-3-5-11/h1-7,9-10H,8H2,(H,19,20,22). The Morgan fingerprint density at radius 3 is 2.84 bits per heavy atom. The number of nitrogens with one attached hydrogen (secondary N) is 1. The summed E-state index contributed by atoms with van der Waals surface area (Å²) >= 11 is 1.41. The van der Waals surface area contributed by atoms with Gasteiger partial charge in [-0.05, 0) is 5.56 Å². The molecule has 0 radical (unpaired) electrons. The number of benzene rings is 1. The van der Waals surface area contributed by atoms with Crippen LogP contribution < -0.4 is 10.9 Å². The first-order valence-corrected chi connectivity index (χ1v) is 8.32. The summed E-state index contributed by atoms with van der Waals surface area (Å²) in [5, 5.41) is 8.60. The maximum atomic E-state index is 12.8. The molecule has 124 valence electrons. The largest absolute Gasteiger partial charge is 0.363 e. The van der Waals surface area contributed by atoms with E-state index in [9.17, 15) is 9.59 Å². The molecule has 7 nitrogen and oxygen atoms in total. The number of nitrogens with zero attached hydrogens (tertiary/aromatic N) is 3. The predicted molar refractivity (Wildman–Crippen MR) is 94.4 cm³/mol. The maximum absolute atomic E-state index is 12.8. The van der Waals surface area contributed by atoms with Crippen molar-refractivity contribution in [1.29, 1.82) is 0 Å². The molecule has 0 saturated carbocycles. The number of thiophene rings is 1. The van der Waals surface area contributed by atoms with Gasteiger partial charge in [-0.1, -0.05) is 35.5 Å². The molecule has 4 rings (SSSR count). The number of hydrogen-bond donors (Lipinski definition) is 1. The minimum atomic E-state index is -0.381. The van der Waals surface area contributed by atoms with Gasteiger partial charge in [0.1, 0.15) is 17.6 Å². The molecule has 0 aliphatic carbocycles. The zero-order valence-corrected chi connectivity index (χ0v) is 13.7. The molecule has 0 aliphatic rings. The first-order chi connectivity index (χ1) is 12.2. The molecular formula is C17H12N4O3S. The van der Waals surface area contributed by atoms with E-state index in [0.29, 0.717) is 16.0 Å². The van der Waals surface area contributed by atoms with Gasteiger partial charge >= 0.3 is 0 Å². The number of rotatable bonds is 4. The van der Waals surface area contributed by atoms with Gasteiger partial charge in [0, 0.05) is 17.0 Å². The van der Waals surface area contributed by atoms with Crippen molar-refractivity contribution in [3.63, 3.8) is 0 Å². The average Bonchev–Trinajstić information content (AvgIpc) is 3.28. The van der Waals surface area contributed by atoms with E-state index in [2.05, 4.69) is 20.0 Å². The third-order valence-corrected chi connectivity index (χ3v) is 4.55. The lowest BCUT2D eigenvalue weighted by Gasteiger charge is -2.06. The Bertz CT molecular complexity index is 1080. The van der Waals surface area contributed by atoms with Crippen molar-refractivity contribution in [2.24, 2.45) is 0 Å². The van der Waals surface area contributed by atoms with Crippen molar-refractivity contribution in [1.82, 2.24) is 14.7 Å². The lowest BCUT2D eigenvalue weighted by atomic mass is 10.1. The third kappa shape index (κ3) is 2.94. The van der Waals surface area contributed by atoms with Gasteiger partial charge in [-0.25, -0.2) is 4.98 Å². The van der Waals surface area contributed by atoms with Crippen LogP contribution in [-0.2, 0) is 11.3 Å². The fourth-order valence-electron chi connectivity index (χ4n) is 2.52. The van der Waals surface area contributed by atoms with Crippen molar-refractivity contribution in [3.05, 3.63) is 64.7 Å². The second-order valence-corrected chi connectivity index (χ2v) is 6.16. The molecule has 1 N–H and O–H groups in total. The summed E-state index contributed by atoms with van der Waals surface area (Å²) < 4.78 is 5.95. The molecule has 3 aromatic heterocycles. The van der Waals surface area contributed by atoms with E-state index >= 15 is 0 Å². The summed E-state index contributed by atoms with van der Waals surface area (Å²) in [6.45, 7) is -0.154. The van der Waals surface area contributed by atoms with E-state index < -0.39 is 0 Å². The summed E-state index contributed by atoms with van der Waals surface area (Å²) in [6, 6.07) is 11.2. The number of carbonyl (C=O) groups excluding carboxylic acids is 1. The Morgan fingerprint density at radius 1 is 1.24 bits per heavy atom. The lowest BCUT2D eigenvalue weighted by Crippen LogP contribution is -2.27. The normalized spacial score (nSPS) is 10.9. The fourth-order valence-corrected chi connectivity index (χ4v) is 3.43. The zero-order valence-electron chi connectivity index (χ0n) is 12.9. The number of hydrogen-bond acceptors (Lipinski definition) is 6. The van der Waals surface area contributed by atoms with Crippen molar-refractivity contribution in [3.8, 4) is 11.1 Å². The minimum absolute atomic E-state index is 0.154. The molecule has 0 unspecified atom stereocenters. The lowest BCUT2D eigenvalue weighted by molar-refractivity contribution is -0.116. The molecule has 0 atom stereocenters. The van der Waals surface area contributed by atoms with Crippen molar-refractivity contribution in [2.45, 2.75) is 6.54 Å². The van der Waals surface area contributed by atoms with Gasteiger partial charge < -0.3 is 9.84 Å². The highest BCUT2D eigenvalue weighted by molar-refractivity contribution is 7.17. The van der Waals surface area contributed by atoms with Crippen LogP contribution in [0.4, 0.5) is 5.82 Å². The summed E-state index contributed by atoms with van der Waals surface area (Å²) in [5.41, 5.74) is 1.52. The van der Waals surface area contributed by atoms with Crippen molar-refractivity contribution in [2.75, 3.05) is 5.32 Å². The second-order valence-electron chi connectivity index (χ2n) is 5.31. The third-order valence-electron chi connectivity index (χ3n) is 3.66. The number of fused-ring (bicyclic) bond motifs is 1. The molecule has 0 aliphatic heterocycles. The van der Waals surface area contributed by atoms with E-state index in [1.165, 1.54) is 34.6 Å². The number of amides is 1. The molecular weight excluding hydrogens is 340 g/mol. The highest BCUT2D eigenvalue weighted by Crippen LogP contribution is 2.30. The molecule has 8 heteroatoms. The second kappa shape index (κ2) is 6.33. The first-order valence-electron chi connectivity index (χ1n) is 7.44. The van der Waals surface area contributed by atoms with Gasteiger partial charge in [0.25, 0.3) is 5.56 Å². The van der Waals surface area contributed by atoms with Gasteiger partial charge in [0.15, 0.2) is 5.82 Å². The fraction of sp³-hybridized carbons (Fsp3) is 0.0588. The van der Waals surface area contributed by atoms with Gasteiger partial charge in [0.05, 0.1) is 11.7 Å². The quantitative estimate of drug-likeness (QED) is 0.610. The van der Waals surface area contributed by atoms with Crippen molar-refractivity contribution < 1.29 is 9.32 Å². The Hall–Kier alpha value is -3.26. The molecule has 0 saturated heterocycles. The number of aromatic nitrogens is 3. The van der Waals surface area contributed by atoms with E-state index in [4.69, 9.17) is 0 Å². The van der Waals surface area contributed by atoms with Crippen LogP contribution in [0.15, 0.2) is 63.7 Å². The molecule has 25 heavy (non-hydrogen) atoms. The van der Waals surface area contributed by atoms with Crippen LogP contribution in [0.25, 0.3) is 21.3 Å². The highest BCUT2D eigenvalue weighted by atomic mass is 32.1. The van der Waals surface area contributed by atoms with Gasteiger partial charge in [-0.3, -0.25) is 14.2 Å². The van der Waals surface area contributed by atoms with E-state index in [1.54, 1.807) is 0 Å². The topological polar surface area (TPSA) is 90.0 Å². The Balaban J connectivity index is 1.70. The van der Waals surface area contributed by atoms with Crippen LogP contribution in [-0.4, -0.2) is 20.6 Å². The van der Waals surface area contributed by atoms with Crippen LogP contribution in [0.2, 0.25) is 0 Å². The van der Waals surface area contributed by atoms with Gasteiger partial charge in [-0.2, -0.15) is 0 Å². The Labute approximate surface area is 145 Å². The van der Waals surface area contributed by atoms with Crippen LogP contribution >= 0.6 is 11.3 Å². The smallest absolute Gasteiger partial charge is 0.263 e. The molecule has 4 aromatic rings. The van der Waals surface area contributed by atoms with Crippen LogP contribution in [0.3, 0.4) is 0 Å². The summed E-state index contributed by atoms with van der Waals surface area (Å²) in [4.78, 5) is 29.9. The monoisotopic (exact) mass is 352 g/mol. The number of anilines is 1. The minimum Gasteiger partial charge on any atom is -0.363 e. The van der Waals surface area contributed by atoms with E-state index in [0.717, 1.165) is 11.1 Å². The number of carbonyl (C=O) groups is 1. The summed E-state index contributed by atoms with van der Waals surface area (Å²) in [7, 11) is 0. The Morgan fingerprint density at radius 2 is 2.08 bits per heavy atom. The summed E-state index contributed by atoms with van der Waals surface area (Å²) in [6.07, 6.45) is 2.74. The Kier molecular flexibility index (Phi) is 3.87. The van der Waals surface area contributed by atoms with E-state index in [1.807, 2.05) is 35.7 Å². The van der Waals surface area contributed by atoms with Crippen molar-refractivity contribution >= 4 is 33.3 Å². The maximum Gasteiger partial charge on any atom is 0.263 e. The highest BCUT2D eigenvalue weighted by Gasteiger charge is 2.15. The van der Waals surface area contributed by atoms with E-state index in [-0.39, 0.29) is 18.0 Å². The van der Waals surface area contributed by atoms with Gasteiger partial charge in [-0.15, -0.1) is 11.3 Å². The zero-order chi connectivity index (χ0) is 17.2. The predicted octanol–water partition coefficient (Wildman–Crippen LogP) is 2.75. The molecule has 1 aromatic carbocycles. The molecule has 3 heterocycles. The van der Waals surface area contributed by atoms with Crippen LogP contribution in [0.1, 0.15) is 0 Å². The first kappa shape index (κ1) is 15.3. The SMILES string of the molecule is O=C(Cn1cnc2scc(-c3ccccc3)c2c1=O)Nc1ccon1. The average molecular weight is 352 g/mol. The molecule has 0 spiro atoms. The molecule has 1 amide bonds. The van der Waals surface area contributed by atoms with Crippen LogP contribution in [0, 0.1) is 0 Å². The van der Waals surface area contributed by atoms with Gasteiger partial charge in [0.2, 0.25) is 5.91 Å².